The number of thioether (sulfide) groups is 1. The quantitative estimate of drug-likeness (QED) is 0.539. The van der Waals surface area contributed by atoms with E-state index in [1.807, 2.05) is 35.1 Å². The Morgan fingerprint density at radius 3 is 2.75 bits per heavy atom. The lowest BCUT2D eigenvalue weighted by molar-refractivity contribution is 0.620. The minimum absolute atomic E-state index is 0.223. The smallest absolute Gasteiger partial charge is 0.182 e. The third kappa shape index (κ3) is 2.07. The van der Waals surface area contributed by atoms with Crippen LogP contribution in [0.15, 0.2) is 41.3 Å². The molecule has 0 unspecified atom stereocenters. The summed E-state index contributed by atoms with van der Waals surface area (Å²) < 4.78 is 16.2. The number of aryl methyl sites for hydroxylation is 1. The van der Waals surface area contributed by atoms with Crippen LogP contribution in [0.1, 0.15) is 5.56 Å². The zero-order valence-electron chi connectivity index (χ0n) is 11.1. The molecule has 20 heavy (non-hydrogen) atoms. The summed E-state index contributed by atoms with van der Waals surface area (Å²) in [6.45, 7) is 1.76. The lowest BCUT2D eigenvalue weighted by Gasteiger charge is -2.09. The fourth-order valence-corrected chi connectivity index (χ4v) is 3.18. The zero-order chi connectivity index (χ0) is 14.3. The van der Waals surface area contributed by atoms with Crippen molar-refractivity contribution in [3.8, 4) is 5.69 Å². The molecule has 1 N–H and O–H groups in total. The number of hydrogen-bond donors (Lipinski definition) is 1. The van der Waals surface area contributed by atoms with Gasteiger partial charge in [-0.1, -0.05) is 12.1 Å². The molecule has 1 aromatic heterocycles. The molecule has 3 aromatic rings. The molecular formula is C15H13FN2S2. The van der Waals surface area contributed by atoms with E-state index in [0.29, 0.717) is 15.9 Å². The largest absolute Gasteiger partial charge is 0.330 e. The number of imidazole rings is 1. The second-order valence-electron chi connectivity index (χ2n) is 4.56. The minimum Gasteiger partial charge on any atom is -0.330 e. The minimum atomic E-state index is -0.223. The number of H-pyrrole nitrogens is 1. The van der Waals surface area contributed by atoms with Crippen molar-refractivity contribution in [2.45, 2.75) is 11.8 Å². The Bertz CT molecular complexity index is 849. The van der Waals surface area contributed by atoms with Gasteiger partial charge in [0.05, 0.1) is 16.7 Å². The predicted molar refractivity (Wildman–Crippen MR) is 84.9 cm³/mol. The van der Waals surface area contributed by atoms with Crippen LogP contribution < -0.4 is 0 Å². The molecule has 0 bridgehead atoms. The van der Waals surface area contributed by atoms with Gasteiger partial charge in [-0.25, -0.2) is 4.39 Å². The highest BCUT2D eigenvalue weighted by molar-refractivity contribution is 7.98. The van der Waals surface area contributed by atoms with Crippen molar-refractivity contribution in [1.29, 1.82) is 0 Å². The van der Waals surface area contributed by atoms with Crippen LogP contribution in [0.5, 0.6) is 0 Å². The first-order valence-corrected chi connectivity index (χ1v) is 7.79. The molecule has 0 spiro atoms. The second kappa shape index (κ2) is 5.07. The van der Waals surface area contributed by atoms with Crippen molar-refractivity contribution in [2.24, 2.45) is 0 Å². The summed E-state index contributed by atoms with van der Waals surface area (Å²) in [5, 5.41) is 0. The zero-order valence-corrected chi connectivity index (χ0v) is 12.7. The highest BCUT2D eigenvalue weighted by Gasteiger charge is 2.11. The average Bonchev–Trinajstić information content (AvgIpc) is 2.74. The maximum absolute atomic E-state index is 13.7. The molecule has 0 aliphatic rings. The number of nitrogens with one attached hydrogen (secondary N) is 1. The van der Waals surface area contributed by atoms with Crippen molar-refractivity contribution in [2.75, 3.05) is 6.26 Å². The summed E-state index contributed by atoms with van der Waals surface area (Å²) in [6.07, 6.45) is 2.03. The molecule has 102 valence electrons. The summed E-state index contributed by atoms with van der Waals surface area (Å²) in [7, 11) is 0. The van der Waals surface area contributed by atoms with E-state index < -0.39 is 0 Å². The molecule has 0 saturated carbocycles. The molecule has 3 rings (SSSR count). The van der Waals surface area contributed by atoms with Crippen LogP contribution in [0.25, 0.3) is 16.7 Å². The Morgan fingerprint density at radius 2 is 2.00 bits per heavy atom. The molecule has 1 heterocycles. The van der Waals surface area contributed by atoms with Crippen molar-refractivity contribution >= 4 is 35.0 Å². The van der Waals surface area contributed by atoms with E-state index >= 15 is 0 Å². The summed E-state index contributed by atoms with van der Waals surface area (Å²) in [5.74, 6) is -0.223. The predicted octanol–water partition coefficient (Wildman–Crippen LogP) is 4.86. The van der Waals surface area contributed by atoms with Gasteiger partial charge in [-0.3, -0.25) is 4.57 Å². The Hall–Kier alpha value is -1.59. The third-order valence-electron chi connectivity index (χ3n) is 3.29. The van der Waals surface area contributed by atoms with Crippen LogP contribution in [0.3, 0.4) is 0 Å². The van der Waals surface area contributed by atoms with Crippen molar-refractivity contribution < 1.29 is 4.39 Å². The van der Waals surface area contributed by atoms with Gasteiger partial charge in [0.15, 0.2) is 4.77 Å². The van der Waals surface area contributed by atoms with Crippen molar-refractivity contribution in [3.63, 3.8) is 0 Å². The summed E-state index contributed by atoms with van der Waals surface area (Å²) in [6, 6.07) is 11.4. The number of para-hydroxylation sites is 1. The van der Waals surface area contributed by atoms with Gasteiger partial charge in [0.25, 0.3) is 0 Å². The maximum atomic E-state index is 13.7. The lowest BCUT2D eigenvalue weighted by Crippen LogP contribution is -1.96. The number of benzene rings is 2. The van der Waals surface area contributed by atoms with Crippen molar-refractivity contribution in [3.05, 3.63) is 52.5 Å². The highest BCUT2D eigenvalue weighted by Crippen LogP contribution is 2.28. The highest BCUT2D eigenvalue weighted by atomic mass is 32.2. The van der Waals surface area contributed by atoms with Crippen LogP contribution in [0, 0.1) is 17.5 Å². The molecule has 0 fully saturated rings. The first-order valence-electron chi connectivity index (χ1n) is 6.16. The van der Waals surface area contributed by atoms with E-state index in [1.165, 1.54) is 6.07 Å². The van der Waals surface area contributed by atoms with Gasteiger partial charge in [0.2, 0.25) is 0 Å². The fraction of sp³-hybridized carbons (Fsp3) is 0.133. The fourth-order valence-electron chi connectivity index (χ4n) is 2.29. The van der Waals surface area contributed by atoms with Gasteiger partial charge in [-0.2, -0.15) is 0 Å². The van der Waals surface area contributed by atoms with Gasteiger partial charge in [0.1, 0.15) is 5.82 Å². The molecule has 2 nitrogen and oxygen atoms in total. The van der Waals surface area contributed by atoms with E-state index in [4.69, 9.17) is 12.2 Å². The first kappa shape index (κ1) is 13.4. The number of fused-ring (bicyclic) bond motifs is 1. The van der Waals surface area contributed by atoms with Gasteiger partial charge >= 0.3 is 0 Å². The molecule has 0 radical (unpaired) electrons. The van der Waals surface area contributed by atoms with E-state index in [9.17, 15) is 4.39 Å². The topological polar surface area (TPSA) is 20.7 Å². The molecule has 2 aromatic carbocycles. The van der Waals surface area contributed by atoms with E-state index in [-0.39, 0.29) is 5.82 Å². The SMILES string of the molecule is CSc1ccccc1-n1c(=S)[nH]c2cc(F)c(C)cc21. The molecule has 0 aliphatic carbocycles. The van der Waals surface area contributed by atoms with Crippen LogP contribution in [0.2, 0.25) is 0 Å². The first-order chi connectivity index (χ1) is 9.61. The average molecular weight is 304 g/mol. The Balaban J connectivity index is 2.39. The molecule has 0 aliphatic heterocycles. The second-order valence-corrected chi connectivity index (χ2v) is 5.79. The number of aromatic nitrogens is 2. The molecule has 0 atom stereocenters. The van der Waals surface area contributed by atoms with Gasteiger partial charge in [-0.15, -0.1) is 11.8 Å². The normalized spacial score (nSPS) is 11.2. The molecule has 0 amide bonds. The number of nitrogens with zero attached hydrogens (tertiary/aromatic N) is 1. The van der Waals surface area contributed by atoms with E-state index in [1.54, 1.807) is 18.7 Å². The lowest BCUT2D eigenvalue weighted by atomic mass is 10.2. The summed E-state index contributed by atoms with van der Waals surface area (Å²) in [5.41, 5.74) is 3.24. The van der Waals surface area contributed by atoms with Crippen molar-refractivity contribution in [1.82, 2.24) is 9.55 Å². The number of aromatic amines is 1. The van der Waals surface area contributed by atoms with Crippen LogP contribution in [-0.4, -0.2) is 15.8 Å². The Kier molecular flexibility index (Phi) is 3.40. The molecule has 5 heteroatoms. The number of halogens is 1. The molecule has 0 saturated heterocycles. The van der Waals surface area contributed by atoms with Crippen LogP contribution in [-0.2, 0) is 0 Å². The number of hydrogen-bond acceptors (Lipinski definition) is 2. The summed E-state index contributed by atoms with van der Waals surface area (Å²) in [4.78, 5) is 4.20. The van der Waals surface area contributed by atoms with Gasteiger partial charge in [0, 0.05) is 4.90 Å². The Morgan fingerprint density at radius 1 is 1.25 bits per heavy atom. The Labute approximate surface area is 125 Å². The van der Waals surface area contributed by atoms with Gasteiger partial charge in [-0.05, 0) is 55.2 Å². The third-order valence-corrected chi connectivity index (χ3v) is 4.36. The standard InChI is InChI=1S/C15H13FN2S2/c1-9-7-13-11(8-10(9)16)17-15(19)18(13)12-5-3-4-6-14(12)20-2/h3-8H,1-2H3,(H,17,19). The van der Waals surface area contributed by atoms with E-state index in [0.717, 1.165) is 16.1 Å². The van der Waals surface area contributed by atoms with Crippen LogP contribution >= 0.6 is 24.0 Å². The van der Waals surface area contributed by atoms with E-state index in [2.05, 4.69) is 11.1 Å². The summed E-state index contributed by atoms with van der Waals surface area (Å²) >= 11 is 7.07. The maximum Gasteiger partial charge on any atom is 0.182 e. The van der Waals surface area contributed by atoms with Gasteiger partial charge < -0.3 is 4.98 Å². The van der Waals surface area contributed by atoms with Crippen LogP contribution in [0.4, 0.5) is 4.39 Å². The monoisotopic (exact) mass is 304 g/mol. The molecular weight excluding hydrogens is 291 g/mol. The number of rotatable bonds is 2.